The summed E-state index contributed by atoms with van der Waals surface area (Å²) in [4.78, 5) is 12.9. The topological polar surface area (TPSA) is 97.4 Å². The molecule has 0 radical (unpaired) electrons. The number of sulfonamides is 1. The third-order valence-corrected chi connectivity index (χ3v) is 7.32. The van der Waals surface area contributed by atoms with E-state index in [9.17, 15) is 13.2 Å². The molecule has 1 aliphatic heterocycles. The van der Waals surface area contributed by atoms with E-state index in [1.807, 2.05) is 19.1 Å². The van der Waals surface area contributed by atoms with Crippen molar-refractivity contribution in [2.24, 2.45) is 13.0 Å². The molecule has 3 rings (SSSR count). The molecule has 0 spiro atoms. The van der Waals surface area contributed by atoms with Gasteiger partial charge in [0.25, 0.3) is 0 Å². The zero-order chi connectivity index (χ0) is 20.3. The van der Waals surface area contributed by atoms with E-state index in [1.165, 1.54) is 10.5 Å². The lowest BCUT2D eigenvalue weighted by Gasteiger charge is -2.31. The summed E-state index contributed by atoms with van der Waals surface area (Å²) >= 11 is 0. The average Bonchev–Trinajstić information content (AvgIpc) is 3.31. The maximum absolute atomic E-state index is 13.0. The lowest BCUT2D eigenvalue weighted by atomic mass is 9.98. The number of amides is 1. The minimum Gasteiger partial charge on any atom is -0.469 e. The normalized spacial score (nSPS) is 19.5. The van der Waals surface area contributed by atoms with E-state index in [0.29, 0.717) is 25.1 Å². The van der Waals surface area contributed by atoms with E-state index in [1.54, 1.807) is 24.9 Å². The molecule has 1 fully saturated rings. The second-order valence-electron chi connectivity index (χ2n) is 7.45. The Balaban J connectivity index is 1.59. The van der Waals surface area contributed by atoms with Gasteiger partial charge in [0.15, 0.2) is 0 Å². The third-order valence-electron chi connectivity index (χ3n) is 5.36. The van der Waals surface area contributed by atoms with E-state index in [0.717, 1.165) is 18.6 Å². The van der Waals surface area contributed by atoms with Crippen LogP contribution in [0.2, 0.25) is 0 Å². The van der Waals surface area contributed by atoms with Crippen molar-refractivity contribution in [2.45, 2.75) is 50.5 Å². The fourth-order valence-corrected chi connectivity index (χ4v) is 5.20. The Bertz CT molecular complexity index is 905. The second-order valence-corrected chi connectivity index (χ2v) is 9.35. The van der Waals surface area contributed by atoms with Gasteiger partial charge >= 0.3 is 0 Å². The molecule has 0 aliphatic carbocycles. The van der Waals surface area contributed by atoms with Crippen molar-refractivity contribution in [3.05, 3.63) is 36.0 Å². The standard InChI is InChI=1S/C19H28N4O4S/c1-14(8-9-17-7-5-11-27-17)21-19(24)16-6-4-10-23(13-16)28(25,26)18-12-20-22(3)15(18)2/h5,7,11-12,14,16H,4,6,8-10,13H2,1-3H3,(H,21,24)/t14-,16+/m0/s1. The SMILES string of the molecule is Cc1c(S(=O)(=O)N2CCC[C@@H](C(=O)N[C@@H](C)CCc3ccco3)C2)cnn1C. The number of rotatable bonds is 7. The second kappa shape index (κ2) is 8.48. The van der Waals surface area contributed by atoms with Crippen LogP contribution in [-0.4, -0.2) is 47.5 Å². The molecule has 0 bridgehead atoms. The number of carbonyl (C=O) groups is 1. The summed E-state index contributed by atoms with van der Waals surface area (Å²) < 4.78 is 34.2. The van der Waals surface area contributed by atoms with Crippen LogP contribution in [0.5, 0.6) is 0 Å². The molecule has 154 valence electrons. The number of nitrogens with zero attached hydrogens (tertiary/aromatic N) is 3. The smallest absolute Gasteiger partial charge is 0.246 e. The van der Waals surface area contributed by atoms with Crippen LogP contribution >= 0.6 is 0 Å². The van der Waals surface area contributed by atoms with Gasteiger partial charge < -0.3 is 9.73 Å². The third kappa shape index (κ3) is 4.47. The van der Waals surface area contributed by atoms with Crippen LogP contribution in [0, 0.1) is 12.8 Å². The van der Waals surface area contributed by atoms with E-state index < -0.39 is 10.0 Å². The molecular formula is C19H28N4O4S. The Labute approximate surface area is 165 Å². The molecule has 0 aromatic carbocycles. The van der Waals surface area contributed by atoms with Crippen LogP contribution in [0.15, 0.2) is 33.9 Å². The maximum atomic E-state index is 13.0. The molecule has 1 saturated heterocycles. The minimum absolute atomic E-state index is 0.00912. The van der Waals surface area contributed by atoms with Crippen LogP contribution in [0.3, 0.4) is 0 Å². The fourth-order valence-electron chi connectivity index (χ4n) is 3.49. The molecule has 8 nitrogen and oxygen atoms in total. The van der Waals surface area contributed by atoms with Crippen molar-refractivity contribution in [1.82, 2.24) is 19.4 Å². The van der Waals surface area contributed by atoms with Gasteiger partial charge in [-0.1, -0.05) is 0 Å². The van der Waals surface area contributed by atoms with Crippen LogP contribution in [0.4, 0.5) is 0 Å². The molecule has 1 aliphatic rings. The van der Waals surface area contributed by atoms with Gasteiger partial charge in [-0.3, -0.25) is 9.48 Å². The first-order chi connectivity index (χ1) is 13.3. The van der Waals surface area contributed by atoms with Crippen molar-refractivity contribution in [3.8, 4) is 0 Å². The summed E-state index contributed by atoms with van der Waals surface area (Å²) in [7, 11) is -1.94. The number of nitrogens with one attached hydrogen (secondary N) is 1. The molecule has 0 saturated carbocycles. The highest BCUT2D eigenvalue weighted by Gasteiger charge is 2.35. The Kier molecular flexibility index (Phi) is 6.24. The summed E-state index contributed by atoms with van der Waals surface area (Å²) in [5.74, 6) is 0.462. The Morgan fingerprint density at radius 3 is 2.89 bits per heavy atom. The van der Waals surface area contributed by atoms with E-state index >= 15 is 0 Å². The van der Waals surface area contributed by atoms with E-state index in [4.69, 9.17) is 4.42 Å². The highest BCUT2D eigenvalue weighted by molar-refractivity contribution is 7.89. The molecule has 2 aromatic heterocycles. The summed E-state index contributed by atoms with van der Waals surface area (Å²) in [6, 6.07) is 3.75. The lowest BCUT2D eigenvalue weighted by Crippen LogP contribution is -2.47. The average molecular weight is 409 g/mol. The lowest BCUT2D eigenvalue weighted by molar-refractivity contribution is -0.126. The van der Waals surface area contributed by atoms with Crippen LogP contribution < -0.4 is 5.32 Å². The van der Waals surface area contributed by atoms with E-state index in [2.05, 4.69) is 10.4 Å². The van der Waals surface area contributed by atoms with Crippen LogP contribution in [0.25, 0.3) is 0 Å². The molecule has 28 heavy (non-hydrogen) atoms. The number of piperidine rings is 1. The van der Waals surface area contributed by atoms with Gasteiger partial charge in [-0.2, -0.15) is 9.40 Å². The Morgan fingerprint density at radius 1 is 1.46 bits per heavy atom. The summed E-state index contributed by atoms with van der Waals surface area (Å²) in [5.41, 5.74) is 0.595. The first-order valence-corrected chi connectivity index (χ1v) is 11.0. The maximum Gasteiger partial charge on any atom is 0.246 e. The molecule has 3 heterocycles. The van der Waals surface area contributed by atoms with Crippen LogP contribution in [-0.2, 0) is 28.3 Å². The molecule has 1 N–H and O–H groups in total. The van der Waals surface area contributed by atoms with Crippen molar-refractivity contribution in [2.75, 3.05) is 13.1 Å². The molecule has 2 aromatic rings. The van der Waals surface area contributed by atoms with Gasteiger partial charge in [0, 0.05) is 32.6 Å². The summed E-state index contributed by atoms with van der Waals surface area (Å²) in [6.07, 6.45) is 5.89. The zero-order valence-electron chi connectivity index (χ0n) is 16.6. The molecule has 2 atom stereocenters. The molecular weight excluding hydrogens is 380 g/mol. The number of furan rings is 1. The van der Waals surface area contributed by atoms with Gasteiger partial charge in [-0.05, 0) is 45.2 Å². The fraction of sp³-hybridized carbons (Fsp3) is 0.579. The first-order valence-electron chi connectivity index (χ1n) is 9.60. The number of hydrogen-bond acceptors (Lipinski definition) is 5. The van der Waals surface area contributed by atoms with Crippen molar-refractivity contribution < 1.29 is 17.6 Å². The molecule has 9 heteroatoms. The quantitative estimate of drug-likeness (QED) is 0.754. The summed E-state index contributed by atoms with van der Waals surface area (Å²) in [6.45, 7) is 4.31. The van der Waals surface area contributed by atoms with Gasteiger partial charge in [0.2, 0.25) is 15.9 Å². The van der Waals surface area contributed by atoms with Crippen molar-refractivity contribution in [1.29, 1.82) is 0 Å². The summed E-state index contributed by atoms with van der Waals surface area (Å²) in [5, 5.41) is 7.06. The van der Waals surface area contributed by atoms with Crippen molar-refractivity contribution >= 4 is 15.9 Å². The largest absolute Gasteiger partial charge is 0.469 e. The number of carbonyl (C=O) groups excluding carboxylic acids is 1. The number of aryl methyl sites for hydroxylation is 2. The predicted molar refractivity (Wildman–Crippen MR) is 104 cm³/mol. The number of aromatic nitrogens is 2. The zero-order valence-corrected chi connectivity index (χ0v) is 17.4. The molecule has 1 amide bonds. The van der Waals surface area contributed by atoms with Gasteiger partial charge in [0.1, 0.15) is 10.7 Å². The Morgan fingerprint density at radius 2 is 2.25 bits per heavy atom. The van der Waals surface area contributed by atoms with Gasteiger partial charge in [-0.25, -0.2) is 8.42 Å². The van der Waals surface area contributed by atoms with Gasteiger partial charge in [-0.15, -0.1) is 0 Å². The van der Waals surface area contributed by atoms with Crippen molar-refractivity contribution in [3.63, 3.8) is 0 Å². The highest BCUT2D eigenvalue weighted by atomic mass is 32.2. The highest BCUT2D eigenvalue weighted by Crippen LogP contribution is 2.25. The monoisotopic (exact) mass is 408 g/mol. The van der Waals surface area contributed by atoms with E-state index in [-0.39, 0.29) is 29.3 Å². The van der Waals surface area contributed by atoms with Gasteiger partial charge in [0.05, 0.1) is 24.1 Å². The number of hydrogen-bond donors (Lipinski definition) is 1. The first kappa shape index (κ1) is 20.6. The minimum atomic E-state index is -3.65. The van der Waals surface area contributed by atoms with Crippen LogP contribution in [0.1, 0.15) is 37.6 Å². The predicted octanol–water partition coefficient (Wildman–Crippen LogP) is 1.86. The Hall–Kier alpha value is -2.13. The molecule has 0 unspecified atom stereocenters.